The van der Waals surface area contributed by atoms with Crippen LogP contribution in [0.4, 0.5) is 9.18 Å². The molecule has 1 heterocycles. The maximum atomic E-state index is 13.5. The Labute approximate surface area is 141 Å². The molecule has 2 aromatic rings. The van der Waals surface area contributed by atoms with Crippen molar-refractivity contribution in [3.8, 4) is 0 Å². The smallest absolute Gasteiger partial charge is 0.410 e. The van der Waals surface area contributed by atoms with Gasteiger partial charge in [-0.25, -0.2) is 9.18 Å². The van der Waals surface area contributed by atoms with Crippen LogP contribution in [-0.2, 0) is 16.9 Å². The third kappa shape index (κ3) is 3.41. The van der Waals surface area contributed by atoms with Crippen molar-refractivity contribution in [1.82, 2.24) is 4.90 Å². The van der Waals surface area contributed by atoms with Crippen LogP contribution in [0.5, 0.6) is 0 Å². The predicted octanol–water partition coefficient (Wildman–Crippen LogP) is 3.33. The summed E-state index contributed by atoms with van der Waals surface area (Å²) in [5.41, 5.74) is 8.15. The van der Waals surface area contributed by atoms with Crippen molar-refractivity contribution in [3.63, 3.8) is 0 Å². The lowest BCUT2D eigenvalue weighted by atomic mass is 9.89. The second-order valence-corrected chi connectivity index (χ2v) is 6.33. The number of rotatable bonds is 3. The van der Waals surface area contributed by atoms with E-state index >= 15 is 0 Å². The fourth-order valence-corrected chi connectivity index (χ4v) is 2.99. The summed E-state index contributed by atoms with van der Waals surface area (Å²) in [7, 11) is 0. The van der Waals surface area contributed by atoms with Crippen molar-refractivity contribution in [2.24, 2.45) is 5.73 Å². The van der Waals surface area contributed by atoms with Crippen molar-refractivity contribution in [1.29, 1.82) is 0 Å². The molecule has 0 aromatic heterocycles. The summed E-state index contributed by atoms with van der Waals surface area (Å²) in [6, 6.07) is 14.4. The van der Waals surface area contributed by atoms with Gasteiger partial charge in [0.1, 0.15) is 12.4 Å². The van der Waals surface area contributed by atoms with Crippen molar-refractivity contribution in [3.05, 3.63) is 71.0 Å². The Morgan fingerprint density at radius 1 is 1.29 bits per heavy atom. The number of hydrogen-bond donors (Lipinski definition) is 1. The molecular formula is C19H21FN2O2. The van der Waals surface area contributed by atoms with Crippen LogP contribution in [-0.4, -0.2) is 24.1 Å². The maximum Gasteiger partial charge on any atom is 0.410 e. The SMILES string of the molecule is Cc1cc(C2(N)CCN(C(=O)OCc3ccccc3)C2)ccc1F. The van der Waals surface area contributed by atoms with E-state index in [1.807, 2.05) is 30.3 Å². The normalized spacial score (nSPS) is 20.2. The van der Waals surface area contributed by atoms with Gasteiger partial charge in [0, 0.05) is 13.1 Å². The van der Waals surface area contributed by atoms with Crippen LogP contribution in [0.3, 0.4) is 0 Å². The zero-order chi connectivity index (χ0) is 17.2. The summed E-state index contributed by atoms with van der Waals surface area (Å²) in [4.78, 5) is 13.9. The molecule has 1 saturated heterocycles. The Hall–Kier alpha value is -2.40. The van der Waals surface area contributed by atoms with E-state index in [-0.39, 0.29) is 18.5 Å². The average molecular weight is 328 g/mol. The van der Waals surface area contributed by atoms with E-state index in [2.05, 4.69) is 0 Å². The van der Waals surface area contributed by atoms with Gasteiger partial charge in [-0.1, -0.05) is 42.5 Å². The third-order valence-corrected chi connectivity index (χ3v) is 4.50. The molecule has 0 aliphatic carbocycles. The molecule has 4 nitrogen and oxygen atoms in total. The number of carbonyl (C=O) groups excluding carboxylic acids is 1. The lowest BCUT2D eigenvalue weighted by Gasteiger charge is -2.25. The Balaban J connectivity index is 1.63. The van der Waals surface area contributed by atoms with Gasteiger partial charge in [0.15, 0.2) is 0 Å². The van der Waals surface area contributed by atoms with E-state index in [0.29, 0.717) is 25.1 Å². The monoisotopic (exact) mass is 328 g/mol. The minimum absolute atomic E-state index is 0.239. The summed E-state index contributed by atoms with van der Waals surface area (Å²) in [6.45, 7) is 2.85. The average Bonchev–Trinajstić information content (AvgIpc) is 3.00. The van der Waals surface area contributed by atoms with E-state index in [1.165, 1.54) is 6.07 Å². The number of benzene rings is 2. The first kappa shape index (κ1) is 16.5. The molecule has 1 atom stereocenters. The molecule has 5 heteroatoms. The van der Waals surface area contributed by atoms with Crippen LogP contribution in [0.1, 0.15) is 23.1 Å². The first-order valence-corrected chi connectivity index (χ1v) is 7.99. The highest BCUT2D eigenvalue weighted by molar-refractivity contribution is 5.68. The van der Waals surface area contributed by atoms with Crippen LogP contribution in [0.15, 0.2) is 48.5 Å². The molecule has 2 aromatic carbocycles. The van der Waals surface area contributed by atoms with E-state index in [0.717, 1.165) is 11.1 Å². The number of aryl methyl sites for hydroxylation is 1. The van der Waals surface area contributed by atoms with Crippen LogP contribution in [0.2, 0.25) is 0 Å². The molecule has 126 valence electrons. The van der Waals surface area contributed by atoms with Gasteiger partial charge < -0.3 is 15.4 Å². The molecule has 1 fully saturated rings. The molecule has 3 rings (SSSR count). The summed E-state index contributed by atoms with van der Waals surface area (Å²) in [5.74, 6) is -0.250. The number of likely N-dealkylation sites (tertiary alicyclic amines) is 1. The number of nitrogens with two attached hydrogens (primary N) is 1. The Kier molecular flexibility index (Phi) is 4.53. The number of hydrogen-bond acceptors (Lipinski definition) is 3. The number of halogens is 1. The Morgan fingerprint density at radius 2 is 2.04 bits per heavy atom. The van der Waals surface area contributed by atoms with Crippen LogP contribution < -0.4 is 5.73 Å². The molecule has 0 radical (unpaired) electrons. The number of carbonyl (C=O) groups is 1. The lowest BCUT2D eigenvalue weighted by Crippen LogP contribution is -2.41. The molecule has 24 heavy (non-hydrogen) atoms. The fraction of sp³-hybridized carbons (Fsp3) is 0.316. The molecule has 1 aliphatic rings. The van der Waals surface area contributed by atoms with Gasteiger partial charge >= 0.3 is 6.09 Å². The standard InChI is InChI=1S/C19H21FN2O2/c1-14-11-16(7-8-17(14)20)19(21)9-10-22(13-19)18(23)24-12-15-5-3-2-4-6-15/h2-8,11H,9-10,12-13,21H2,1H3. The highest BCUT2D eigenvalue weighted by Gasteiger charge is 2.39. The minimum Gasteiger partial charge on any atom is -0.445 e. The van der Waals surface area contributed by atoms with Crippen molar-refractivity contribution >= 4 is 6.09 Å². The molecule has 0 spiro atoms. The van der Waals surface area contributed by atoms with Gasteiger partial charge in [-0.2, -0.15) is 0 Å². The maximum absolute atomic E-state index is 13.5. The van der Waals surface area contributed by atoms with E-state index < -0.39 is 5.54 Å². The zero-order valence-corrected chi connectivity index (χ0v) is 13.7. The molecule has 1 amide bonds. The van der Waals surface area contributed by atoms with E-state index in [9.17, 15) is 9.18 Å². The van der Waals surface area contributed by atoms with E-state index in [4.69, 9.17) is 10.5 Å². The van der Waals surface area contributed by atoms with E-state index in [1.54, 1.807) is 24.0 Å². The minimum atomic E-state index is -0.662. The van der Waals surface area contributed by atoms with Gasteiger partial charge in [-0.05, 0) is 36.1 Å². The van der Waals surface area contributed by atoms with Gasteiger partial charge in [0.05, 0.1) is 5.54 Å². The van der Waals surface area contributed by atoms with Gasteiger partial charge in [-0.15, -0.1) is 0 Å². The predicted molar refractivity (Wildman–Crippen MR) is 89.8 cm³/mol. The number of ether oxygens (including phenoxy) is 1. The third-order valence-electron chi connectivity index (χ3n) is 4.50. The summed E-state index contributed by atoms with van der Waals surface area (Å²) in [5, 5.41) is 0. The second-order valence-electron chi connectivity index (χ2n) is 6.33. The molecule has 0 bridgehead atoms. The molecule has 1 aliphatic heterocycles. The van der Waals surface area contributed by atoms with Crippen LogP contribution in [0.25, 0.3) is 0 Å². The first-order valence-electron chi connectivity index (χ1n) is 7.99. The van der Waals surface area contributed by atoms with Gasteiger partial charge in [-0.3, -0.25) is 0 Å². The van der Waals surface area contributed by atoms with Gasteiger partial charge in [0.2, 0.25) is 0 Å². The summed E-state index contributed by atoms with van der Waals surface area (Å²) < 4.78 is 18.8. The zero-order valence-electron chi connectivity index (χ0n) is 13.7. The van der Waals surface area contributed by atoms with Crippen LogP contribution >= 0.6 is 0 Å². The quantitative estimate of drug-likeness (QED) is 0.940. The van der Waals surface area contributed by atoms with Crippen LogP contribution in [0, 0.1) is 12.7 Å². The van der Waals surface area contributed by atoms with Gasteiger partial charge in [0.25, 0.3) is 0 Å². The Bertz CT molecular complexity index is 735. The summed E-state index contributed by atoms with van der Waals surface area (Å²) in [6.07, 6.45) is 0.253. The number of nitrogens with zero attached hydrogens (tertiary/aromatic N) is 1. The lowest BCUT2D eigenvalue weighted by molar-refractivity contribution is 0.102. The highest BCUT2D eigenvalue weighted by Crippen LogP contribution is 2.31. The molecule has 2 N–H and O–H groups in total. The number of amides is 1. The fourth-order valence-electron chi connectivity index (χ4n) is 2.99. The molecule has 1 unspecified atom stereocenters. The van der Waals surface area contributed by atoms with Crippen molar-refractivity contribution in [2.45, 2.75) is 25.5 Å². The molecular weight excluding hydrogens is 307 g/mol. The largest absolute Gasteiger partial charge is 0.445 e. The Morgan fingerprint density at radius 3 is 2.75 bits per heavy atom. The topological polar surface area (TPSA) is 55.6 Å². The first-order chi connectivity index (χ1) is 11.5. The summed E-state index contributed by atoms with van der Waals surface area (Å²) >= 11 is 0. The van der Waals surface area contributed by atoms with Crippen molar-refractivity contribution < 1.29 is 13.9 Å². The highest BCUT2D eigenvalue weighted by atomic mass is 19.1. The van der Waals surface area contributed by atoms with Crippen molar-refractivity contribution in [2.75, 3.05) is 13.1 Å². The molecule has 0 saturated carbocycles. The second kappa shape index (κ2) is 6.61.